The summed E-state index contributed by atoms with van der Waals surface area (Å²) in [6.07, 6.45) is 0. The lowest BCUT2D eigenvalue weighted by Crippen LogP contribution is -2.15. The number of aryl methyl sites for hydroxylation is 1. The van der Waals surface area contributed by atoms with Gasteiger partial charge in [-0.2, -0.15) is 0 Å². The summed E-state index contributed by atoms with van der Waals surface area (Å²) in [4.78, 5) is 11.8. The molecular weight excluding hydrogens is 216 g/mol. The summed E-state index contributed by atoms with van der Waals surface area (Å²) in [6.45, 7) is 1.92. The molecule has 5 nitrogen and oxygen atoms in total. The van der Waals surface area contributed by atoms with Crippen LogP contribution in [0.4, 0.5) is 11.5 Å². The van der Waals surface area contributed by atoms with Crippen LogP contribution in [0.2, 0.25) is 0 Å². The lowest BCUT2D eigenvalue weighted by molar-refractivity contribution is 0.102. The maximum absolute atomic E-state index is 11.8. The molecule has 0 aliphatic heterocycles. The molecule has 3 N–H and O–H groups in total. The first-order valence-electron chi connectivity index (χ1n) is 5.13. The largest absolute Gasteiger partial charge is 0.382 e. The molecule has 0 fully saturated rings. The van der Waals surface area contributed by atoms with Gasteiger partial charge in [0.2, 0.25) is 0 Å². The number of rotatable bonds is 2. The minimum Gasteiger partial charge on any atom is -0.382 e. The number of hydrogen-bond donors (Lipinski definition) is 2. The second kappa shape index (κ2) is 4.61. The molecule has 0 saturated carbocycles. The summed E-state index contributed by atoms with van der Waals surface area (Å²) >= 11 is 0. The molecule has 0 saturated heterocycles. The van der Waals surface area contributed by atoms with E-state index in [1.807, 2.05) is 31.2 Å². The SMILES string of the molecule is Cc1ccccc1NC(=O)c1ccc(N)nn1. The van der Waals surface area contributed by atoms with E-state index in [4.69, 9.17) is 5.73 Å². The molecule has 86 valence electrons. The van der Waals surface area contributed by atoms with E-state index in [9.17, 15) is 4.79 Å². The summed E-state index contributed by atoms with van der Waals surface area (Å²) in [5.41, 5.74) is 7.39. The Bertz CT molecular complexity index is 536. The highest BCUT2D eigenvalue weighted by atomic mass is 16.1. The summed E-state index contributed by atoms with van der Waals surface area (Å²) in [5, 5.41) is 10.1. The minimum absolute atomic E-state index is 0.238. The Morgan fingerprint density at radius 1 is 1.18 bits per heavy atom. The van der Waals surface area contributed by atoms with Gasteiger partial charge in [-0.05, 0) is 30.7 Å². The van der Waals surface area contributed by atoms with Gasteiger partial charge in [0, 0.05) is 5.69 Å². The van der Waals surface area contributed by atoms with Crippen molar-refractivity contribution in [2.75, 3.05) is 11.1 Å². The van der Waals surface area contributed by atoms with Crippen molar-refractivity contribution in [3.8, 4) is 0 Å². The molecule has 1 amide bonds. The van der Waals surface area contributed by atoms with E-state index in [0.717, 1.165) is 11.3 Å². The highest BCUT2D eigenvalue weighted by molar-refractivity contribution is 6.03. The molecule has 0 spiro atoms. The van der Waals surface area contributed by atoms with Crippen LogP contribution in [-0.4, -0.2) is 16.1 Å². The highest BCUT2D eigenvalue weighted by Gasteiger charge is 2.08. The smallest absolute Gasteiger partial charge is 0.276 e. The molecule has 0 unspecified atom stereocenters. The minimum atomic E-state index is -0.299. The number of nitrogens with two attached hydrogens (primary N) is 1. The first-order chi connectivity index (χ1) is 8.16. The fourth-order valence-corrected chi connectivity index (χ4v) is 1.36. The Morgan fingerprint density at radius 3 is 2.59 bits per heavy atom. The zero-order valence-corrected chi connectivity index (χ0v) is 9.34. The van der Waals surface area contributed by atoms with Crippen molar-refractivity contribution in [2.24, 2.45) is 0 Å². The van der Waals surface area contributed by atoms with Crippen molar-refractivity contribution in [1.82, 2.24) is 10.2 Å². The molecule has 1 aromatic heterocycles. The Kier molecular flexibility index (Phi) is 3.00. The van der Waals surface area contributed by atoms with E-state index >= 15 is 0 Å². The van der Waals surface area contributed by atoms with Crippen LogP contribution in [-0.2, 0) is 0 Å². The Balaban J connectivity index is 2.17. The van der Waals surface area contributed by atoms with Crippen LogP contribution in [0.15, 0.2) is 36.4 Å². The van der Waals surface area contributed by atoms with Gasteiger partial charge in [-0.3, -0.25) is 4.79 Å². The van der Waals surface area contributed by atoms with Gasteiger partial charge in [-0.15, -0.1) is 10.2 Å². The summed E-state index contributed by atoms with van der Waals surface area (Å²) < 4.78 is 0. The van der Waals surface area contributed by atoms with Gasteiger partial charge in [-0.1, -0.05) is 18.2 Å². The number of para-hydroxylation sites is 1. The first-order valence-corrected chi connectivity index (χ1v) is 5.13. The molecule has 2 aromatic rings. The standard InChI is InChI=1S/C12H12N4O/c1-8-4-2-3-5-9(8)14-12(17)10-6-7-11(13)16-15-10/h2-7H,1H3,(H2,13,16)(H,14,17). The van der Waals surface area contributed by atoms with Gasteiger partial charge in [0.05, 0.1) is 0 Å². The van der Waals surface area contributed by atoms with Crippen LogP contribution in [0.25, 0.3) is 0 Å². The van der Waals surface area contributed by atoms with Crippen molar-refractivity contribution in [2.45, 2.75) is 6.92 Å². The number of benzene rings is 1. The molecule has 17 heavy (non-hydrogen) atoms. The number of hydrogen-bond acceptors (Lipinski definition) is 4. The average molecular weight is 228 g/mol. The van der Waals surface area contributed by atoms with Crippen LogP contribution >= 0.6 is 0 Å². The molecule has 0 atom stereocenters. The zero-order valence-electron chi connectivity index (χ0n) is 9.34. The third kappa shape index (κ3) is 2.57. The van der Waals surface area contributed by atoms with Crippen LogP contribution in [0.5, 0.6) is 0 Å². The Hall–Kier alpha value is -2.43. The highest BCUT2D eigenvalue weighted by Crippen LogP contribution is 2.14. The van der Waals surface area contributed by atoms with Crippen molar-refractivity contribution in [3.63, 3.8) is 0 Å². The molecule has 0 bridgehead atoms. The van der Waals surface area contributed by atoms with Crippen LogP contribution in [0.1, 0.15) is 16.1 Å². The number of carbonyl (C=O) groups is 1. The van der Waals surface area contributed by atoms with Gasteiger partial charge in [0.1, 0.15) is 5.82 Å². The molecule has 5 heteroatoms. The number of carbonyl (C=O) groups excluding carboxylic acids is 1. The van der Waals surface area contributed by atoms with Crippen LogP contribution < -0.4 is 11.1 Å². The average Bonchev–Trinajstić information content (AvgIpc) is 2.33. The molecule has 0 aliphatic rings. The predicted octanol–water partition coefficient (Wildman–Crippen LogP) is 1.62. The molecule has 0 aliphatic carbocycles. The maximum Gasteiger partial charge on any atom is 0.276 e. The third-order valence-electron chi connectivity index (χ3n) is 2.31. The van der Waals surface area contributed by atoms with Gasteiger partial charge in [0.25, 0.3) is 5.91 Å². The maximum atomic E-state index is 11.8. The van der Waals surface area contributed by atoms with E-state index < -0.39 is 0 Å². The van der Waals surface area contributed by atoms with Crippen molar-refractivity contribution >= 4 is 17.4 Å². The third-order valence-corrected chi connectivity index (χ3v) is 2.31. The quantitative estimate of drug-likeness (QED) is 0.818. The first kappa shape index (κ1) is 11.1. The number of aromatic nitrogens is 2. The normalized spacial score (nSPS) is 9.94. The van der Waals surface area contributed by atoms with Crippen LogP contribution in [0.3, 0.4) is 0 Å². The number of nitrogens with one attached hydrogen (secondary N) is 1. The number of nitrogens with zero attached hydrogens (tertiary/aromatic N) is 2. The summed E-state index contributed by atoms with van der Waals surface area (Å²) in [6, 6.07) is 10.6. The summed E-state index contributed by atoms with van der Waals surface area (Å²) in [7, 11) is 0. The second-order valence-electron chi connectivity index (χ2n) is 3.61. The van der Waals surface area contributed by atoms with Gasteiger partial charge in [0.15, 0.2) is 5.69 Å². The van der Waals surface area contributed by atoms with Gasteiger partial charge < -0.3 is 11.1 Å². The Labute approximate surface area is 98.7 Å². The zero-order chi connectivity index (χ0) is 12.3. The van der Waals surface area contributed by atoms with E-state index in [-0.39, 0.29) is 17.4 Å². The molecule has 0 radical (unpaired) electrons. The van der Waals surface area contributed by atoms with Gasteiger partial charge >= 0.3 is 0 Å². The predicted molar refractivity (Wildman–Crippen MR) is 65.6 cm³/mol. The van der Waals surface area contributed by atoms with E-state index in [0.29, 0.717) is 0 Å². The van der Waals surface area contributed by atoms with E-state index in [1.165, 1.54) is 6.07 Å². The van der Waals surface area contributed by atoms with E-state index in [2.05, 4.69) is 15.5 Å². The molecular formula is C12H12N4O. The Morgan fingerprint density at radius 2 is 1.94 bits per heavy atom. The number of amides is 1. The molecule has 1 aromatic carbocycles. The fourth-order valence-electron chi connectivity index (χ4n) is 1.36. The monoisotopic (exact) mass is 228 g/mol. The van der Waals surface area contributed by atoms with Crippen molar-refractivity contribution in [1.29, 1.82) is 0 Å². The molecule has 2 rings (SSSR count). The van der Waals surface area contributed by atoms with Crippen LogP contribution in [0, 0.1) is 6.92 Å². The lowest BCUT2D eigenvalue weighted by Gasteiger charge is -2.06. The fraction of sp³-hybridized carbons (Fsp3) is 0.0833. The van der Waals surface area contributed by atoms with Crippen molar-refractivity contribution in [3.05, 3.63) is 47.7 Å². The van der Waals surface area contributed by atoms with E-state index in [1.54, 1.807) is 6.07 Å². The lowest BCUT2D eigenvalue weighted by atomic mass is 10.2. The topological polar surface area (TPSA) is 80.9 Å². The number of nitrogen functional groups attached to an aromatic ring is 1. The van der Waals surface area contributed by atoms with Gasteiger partial charge in [-0.25, -0.2) is 0 Å². The van der Waals surface area contributed by atoms with Crippen molar-refractivity contribution < 1.29 is 4.79 Å². The number of anilines is 2. The second-order valence-corrected chi connectivity index (χ2v) is 3.61. The molecule has 1 heterocycles. The summed E-state index contributed by atoms with van der Waals surface area (Å²) in [5.74, 6) is -0.00996.